The van der Waals surface area contributed by atoms with Crippen LogP contribution in [-0.4, -0.2) is 15.0 Å². The summed E-state index contributed by atoms with van der Waals surface area (Å²) in [5, 5.41) is 0. The third-order valence-corrected chi connectivity index (χ3v) is 4.90. The lowest BCUT2D eigenvalue weighted by molar-refractivity contribution is -0.137. The molecule has 0 heterocycles. The van der Waals surface area contributed by atoms with Crippen molar-refractivity contribution in [2.75, 3.05) is 10.8 Å². The van der Waals surface area contributed by atoms with Gasteiger partial charge < -0.3 is 0 Å². The van der Waals surface area contributed by atoms with Crippen molar-refractivity contribution in [1.29, 1.82) is 0 Å². The fourth-order valence-electron chi connectivity index (χ4n) is 2.02. The van der Waals surface area contributed by atoms with Crippen LogP contribution in [0.15, 0.2) is 72.1 Å². The summed E-state index contributed by atoms with van der Waals surface area (Å²) in [6.07, 6.45) is -3.23. The number of nitrogens with zero attached hydrogens (tertiary/aromatic N) is 1. The van der Waals surface area contributed by atoms with Crippen LogP contribution in [0, 0.1) is 0 Å². The molecule has 2 rings (SSSR count). The fourth-order valence-corrected chi connectivity index (χ4v) is 3.46. The Morgan fingerprint density at radius 1 is 1.04 bits per heavy atom. The molecule has 0 aliphatic heterocycles. The van der Waals surface area contributed by atoms with Gasteiger partial charge in [-0.3, -0.25) is 4.31 Å². The molecule has 2 aromatic carbocycles. The molecule has 0 radical (unpaired) electrons. The van der Waals surface area contributed by atoms with Crippen LogP contribution in [0.4, 0.5) is 18.9 Å². The van der Waals surface area contributed by atoms with Crippen LogP contribution in [0.2, 0.25) is 0 Å². The zero-order valence-electron chi connectivity index (χ0n) is 12.0. The first-order valence-corrected chi connectivity index (χ1v) is 8.07. The highest BCUT2D eigenvalue weighted by Gasteiger charge is 2.32. The average molecular weight is 341 g/mol. The van der Waals surface area contributed by atoms with Gasteiger partial charge in [-0.15, -0.1) is 6.58 Å². The quantitative estimate of drug-likeness (QED) is 0.768. The molecule has 0 N–H and O–H groups in total. The van der Waals surface area contributed by atoms with Gasteiger partial charge in [0.05, 0.1) is 22.7 Å². The Morgan fingerprint density at radius 3 is 2.26 bits per heavy atom. The van der Waals surface area contributed by atoms with E-state index in [9.17, 15) is 21.6 Å². The number of benzene rings is 2. The second-order valence-corrected chi connectivity index (χ2v) is 6.55. The Bertz CT molecular complexity index is 786. The standard InChI is InChI=1S/C16H14F3NO2S/c1-2-11-20(23(21,22)15-9-4-3-5-10-15)14-8-6-7-13(12-14)16(17,18)19/h2-10,12H,1,11H2. The summed E-state index contributed by atoms with van der Waals surface area (Å²) >= 11 is 0. The van der Waals surface area contributed by atoms with E-state index >= 15 is 0 Å². The monoisotopic (exact) mass is 341 g/mol. The summed E-state index contributed by atoms with van der Waals surface area (Å²) < 4.78 is 64.8. The lowest BCUT2D eigenvalue weighted by Gasteiger charge is -2.24. The Labute approximate surface area is 132 Å². The zero-order chi connectivity index (χ0) is 17.1. The van der Waals surface area contributed by atoms with Crippen molar-refractivity contribution in [3.63, 3.8) is 0 Å². The Balaban J connectivity index is 2.53. The summed E-state index contributed by atoms with van der Waals surface area (Å²) in [5.41, 5.74) is -0.976. The summed E-state index contributed by atoms with van der Waals surface area (Å²) in [4.78, 5) is -0.000684. The second kappa shape index (κ2) is 6.45. The smallest absolute Gasteiger partial charge is 0.263 e. The molecular formula is C16H14F3NO2S. The molecule has 0 amide bonds. The third kappa shape index (κ3) is 3.73. The molecule has 0 bridgehead atoms. The minimum absolute atomic E-state index is 0.000684. The van der Waals surface area contributed by atoms with Gasteiger partial charge in [0.2, 0.25) is 0 Å². The van der Waals surface area contributed by atoms with Gasteiger partial charge in [-0.05, 0) is 30.3 Å². The van der Waals surface area contributed by atoms with Gasteiger partial charge in [0.25, 0.3) is 10.0 Å². The maximum Gasteiger partial charge on any atom is 0.416 e. The predicted octanol–water partition coefficient (Wildman–Crippen LogP) is 4.09. The van der Waals surface area contributed by atoms with E-state index in [4.69, 9.17) is 0 Å². The van der Waals surface area contributed by atoms with Gasteiger partial charge in [-0.1, -0.05) is 30.3 Å². The minimum Gasteiger partial charge on any atom is -0.263 e. The van der Waals surface area contributed by atoms with Crippen molar-refractivity contribution in [3.05, 3.63) is 72.8 Å². The fraction of sp³-hybridized carbons (Fsp3) is 0.125. The minimum atomic E-state index is -4.55. The second-order valence-electron chi connectivity index (χ2n) is 4.69. The van der Waals surface area contributed by atoms with E-state index in [-0.39, 0.29) is 17.1 Å². The number of rotatable bonds is 5. The summed E-state index contributed by atoms with van der Waals surface area (Å²) in [6.45, 7) is 3.34. The van der Waals surface area contributed by atoms with Gasteiger partial charge in [0.15, 0.2) is 0 Å². The summed E-state index contributed by atoms with van der Waals surface area (Å²) in [7, 11) is -3.98. The Kier molecular flexibility index (Phi) is 4.79. The molecule has 0 aliphatic carbocycles. The molecule has 0 aromatic heterocycles. The Hall–Kier alpha value is -2.28. The maximum absolute atomic E-state index is 12.8. The highest BCUT2D eigenvalue weighted by Crippen LogP contribution is 2.33. The van der Waals surface area contributed by atoms with Gasteiger partial charge >= 0.3 is 6.18 Å². The lowest BCUT2D eigenvalue weighted by Crippen LogP contribution is -2.31. The number of alkyl halides is 3. The van der Waals surface area contributed by atoms with E-state index in [0.717, 1.165) is 16.4 Å². The van der Waals surface area contributed by atoms with Crippen molar-refractivity contribution < 1.29 is 21.6 Å². The topological polar surface area (TPSA) is 37.4 Å². The number of hydrogen-bond donors (Lipinski definition) is 0. The number of anilines is 1. The van der Waals surface area contributed by atoms with Crippen LogP contribution in [0.3, 0.4) is 0 Å². The van der Waals surface area contributed by atoms with Gasteiger partial charge in [-0.2, -0.15) is 13.2 Å². The van der Waals surface area contributed by atoms with Crippen LogP contribution in [0.1, 0.15) is 5.56 Å². The van der Waals surface area contributed by atoms with Crippen molar-refractivity contribution in [2.45, 2.75) is 11.1 Å². The highest BCUT2D eigenvalue weighted by molar-refractivity contribution is 7.92. The van der Waals surface area contributed by atoms with Crippen LogP contribution >= 0.6 is 0 Å². The van der Waals surface area contributed by atoms with Crippen molar-refractivity contribution >= 4 is 15.7 Å². The molecular weight excluding hydrogens is 327 g/mol. The summed E-state index contributed by atoms with van der Waals surface area (Å²) in [6, 6.07) is 11.7. The first-order chi connectivity index (χ1) is 10.8. The molecule has 3 nitrogen and oxygen atoms in total. The molecule has 0 spiro atoms. The highest BCUT2D eigenvalue weighted by atomic mass is 32.2. The van der Waals surface area contributed by atoms with Crippen LogP contribution in [0.5, 0.6) is 0 Å². The molecule has 23 heavy (non-hydrogen) atoms. The third-order valence-electron chi connectivity index (χ3n) is 3.09. The molecule has 0 fully saturated rings. The van der Waals surface area contributed by atoms with Crippen LogP contribution < -0.4 is 4.31 Å². The van der Waals surface area contributed by atoms with Gasteiger partial charge in [0.1, 0.15) is 0 Å². The number of halogens is 3. The predicted molar refractivity (Wildman–Crippen MR) is 82.6 cm³/mol. The molecule has 0 aliphatic rings. The van der Waals surface area contributed by atoms with E-state index in [0.29, 0.717) is 0 Å². The Morgan fingerprint density at radius 2 is 1.70 bits per heavy atom. The van der Waals surface area contributed by atoms with E-state index in [2.05, 4.69) is 6.58 Å². The van der Waals surface area contributed by atoms with Crippen LogP contribution in [0.25, 0.3) is 0 Å². The van der Waals surface area contributed by atoms with Crippen molar-refractivity contribution in [1.82, 2.24) is 0 Å². The van der Waals surface area contributed by atoms with E-state index in [1.807, 2.05) is 0 Å². The van der Waals surface area contributed by atoms with Gasteiger partial charge in [0, 0.05) is 0 Å². The summed E-state index contributed by atoms with van der Waals surface area (Å²) in [5.74, 6) is 0. The lowest BCUT2D eigenvalue weighted by atomic mass is 10.2. The first kappa shape index (κ1) is 17.1. The van der Waals surface area contributed by atoms with E-state index < -0.39 is 21.8 Å². The number of sulfonamides is 1. The normalized spacial score (nSPS) is 12.0. The van der Waals surface area contributed by atoms with Crippen molar-refractivity contribution in [2.24, 2.45) is 0 Å². The average Bonchev–Trinajstić information content (AvgIpc) is 2.52. The molecule has 0 atom stereocenters. The van der Waals surface area contributed by atoms with E-state index in [1.54, 1.807) is 18.2 Å². The molecule has 0 saturated heterocycles. The molecule has 0 unspecified atom stereocenters. The molecule has 0 saturated carbocycles. The zero-order valence-corrected chi connectivity index (χ0v) is 12.8. The SMILES string of the molecule is C=CCN(c1cccc(C(F)(F)F)c1)S(=O)(=O)c1ccccc1. The number of hydrogen-bond acceptors (Lipinski definition) is 2. The largest absolute Gasteiger partial charge is 0.416 e. The first-order valence-electron chi connectivity index (χ1n) is 6.63. The van der Waals surface area contributed by atoms with Crippen LogP contribution in [-0.2, 0) is 16.2 Å². The van der Waals surface area contributed by atoms with Gasteiger partial charge in [-0.25, -0.2) is 8.42 Å². The van der Waals surface area contributed by atoms with Crippen molar-refractivity contribution in [3.8, 4) is 0 Å². The molecule has 7 heteroatoms. The van der Waals surface area contributed by atoms with E-state index in [1.165, 1.54) is 30.3 Å². The molecule has 122 valence electrons. The molecule has 2 aromatic rings. The maximum atomic E-state index is 12.8.